The van der Waals surface area contributed by atoms with Gasteiger partial charge in [0.2, 0.25) is 5.91 Å². The zero-order chi connectivity index (χ0) is 22.4. The number of anilines is 2. The van der Waals surface area contributed by atoms with Gasteiger partial charge >= 0.3 is 5.97 Å². The van der Waals surface area contributed by atoms with Crippen LogP contribution in [0.4, 0.5) is 11.4 Å². The van der Waals surface area contributed by atoms with Gasteiger partial charge in [0.25, 0.3) is 5.91 Å². The maximum absolute atomic E-state index is 12.4. The number of carbonyl (C=O) groups is 3. The SMILES string of the molecule is CCCCc1ccc(N2C[C@H](C(=O)OCC(=O)Nc3ccc(C)c(C)c3)CC2=O)cc1. The first kappa shape index (κ1) is 22.5. The molecule has 1 aliphatic heterocycles. The van der Waals surface area contributed by atoms with Gasteiger partial charge in [-0.25, -0.2) is 0 Å². The fraction of sp³-hybridized carbons (Fsp3) is 0.400. The molecular formula is C25H30N2O4. The molecule has 0 unspecified atom stereocenters. The molecule has 6 heteroatoms. The first-order chi connectivity index (χ1) is 14.9. The summed E-state index contributed by atoms with van der Waals surface area (Å²) in [4.78, 5) is 38.6. The number of benzene rings is 2. The van der Waals surface area contributed by atoms with Gasteiger partial charge in [-0.3, -0.25) is 14.4 Å². The van der Waals surface area contributed by atoms with E-state index in [0.717, 1.165) is 36.1 Å². The Morgan fingerprint density at radius 2 is 1.84 bits per heavy atom. The zero-order valence-corrected chi connectivity index (χ0v) is 18.4. The van der Waals surface area contributed by atoms with Gasteiger partial charge in [0.1, 0.15) is 0 Å². The van der Waals surface area contributed by atoms with E-state index >= 15 is 0 Å². The van der Waals surface area contributed by atoms with Crippen molar-refractivity contribution in [3.8, 4) is 0 Å². The molecule has 31 heavy (non-hydrogen) atoms. The molecule has 6 nitrogen and oxygen atoms in total. The Labute approximate surface area is 183 Å². The number of hydrogen-bond donors (Lipinski definition) is 1. The number of nitrogens with zero attached hydrogens (tertiary/aromatic N) is 1. The van der Waals surface area contributed by atoms with Crippen LogP contribution in [-0.2, 0) is 25.5 Å². The average molecular weight is 423 g/mol. The van der Waals surface area contributed by atoms with Gasteiger partial charge in [0.15, 0.2) is 6.61 Å². The molecule has 1 N–H and O–H groups in total. The summed E-state index contributed by atoms with van der Waals surface area (Å²) in [6.45, 7) is 6.01. The minimum absolute atomic E-state index is 0.0925. The lowest BCUT2D eigenvalue weighted by molar-refractivity contribution is -0.151. The van der Waals surface area contributed by atoms with Crippen molar-refractivity contribution in [3.63, 3.8) is 0 Å². The number of unbranched alkanes of at least 4 members (excludes halogenated alkanes) is 1. The number of esters is 1. The van der Waals surface area contributed by atoms with Crippen LogP contribution >= 0.6 is 0 Å². The highest BCUT2D eigenvalue weighted by molar-refractivity contribution is 6.00. The summed E-state index contributed by atoms with van der Waals surface area (Å²) in [5.41, 5.74) is 4.89. The van der Waals surface area contributed by atoms with E-state index in [4.69, 9.17) is 4.74 Å². The summed E-state index contributed by atoms with van der Waals surface area (Å²) in [6.07, 6.45) is 3.38. The summed E-state index contributed by atoms with van der Waals surface area (Å²) in [5, 5.41) is 2.73. The van der Waals surface area contributed by atoms with E-state index in [1.165, 1.54) is 5.56 Å². The Morgan fingerprint density at radius 3 is 2.52 bits per heavy atom. The van der Waals surface area contributed by atoms with E-state index in [1.807, 2.05) is 56.3 Å². The lowest BCUT2D eigenvalue weighted by Gasteiger charge is -2.17. The summed E-state index contributed by atoms with van der Waals surface area (Å²) in [5.74, 6) is -1.60. The number of rotatable bonds is 8. The van der Waals surface area contributed by atoms with Crippen molar-refractivity contribution in [2.75, 3.05) is 23.4 Å². The van der Waals surface area contributed by atoms with Gasteiger partial charge in [-0.1, -0.05) is 31.5 Å². The van der Waals surface area contributed by atoms with E-state index in [-0.39, 0.29) is 25.5 Å². The topological polar surface area (TPSA) is 75.7 Å². The first-order valence-corrected chi connectivity index (χ1v) is 10.8. The van der Waals surface area contributed by atoms with Crippen molar-refractivity contribution in [3.05, 3.63) is 59.2 Å². The third-order valence-corrected chi connectivity index (χ3v) is 5.66. The minimum atomic E-state index is -0.568. The highest BCUT2D eigenvalue weighted by Gasteiger charge is 2.36. The number of ether oxygens (including phenoxy) is 1. The fourth-order valence-electron chi connectivity index (χ4n) is 3.61. The Balaban J connectivity index is 1.50. The minimum Gasteiger partial charge on any atom is -0.455 e. The predicted molar refractivity (Wildman–Crippen MR) is 121 cm³/mol. The number of amides is 2. The Kier molecular flexibility index (Phi) is 7.45. The van der Waals surface area contributed by atoms with E-state index in [0.29, 0.717) is 5.69 Å². The molecule has 0 aromatic heterocycles. The second-order valence-corrected chi connectivity index (χ2v) is 8.13. The third-order valence-electron chi connectivity index (χ3n) is 5.66. The molecule has 2 amide bonds. The maximum atomic E-state index is 12.4. The second-order valence-electron chi connectivity index (χ2n) is 8.13. The van der Waals surface area contributed by atoms with Crippen molar-refractivity contribution < 1.29 is 19.1 Å². The highest BCUT2D eigenvalue weighted by Crippen LogP contribution is 2.26. The molecule has 1 fully saturated rings. The van der Waals surface area contributed by atoms with Crippen LogP contribution in [0.2, 0.25) is 0 Å². The third kappa shape index (κ3) is 5.94. The molecule has 0 radical (unpaired) electrons. The molecule has 0 bridgehead atoms. The van der Waals surface area contributed by atoms with Crippen molar-refractivity contribution in [1.82, 2.24) is 0 Å². The smallest absolute Gasteiger partial charge is 0.311 e. The number of nitrogens with one attached hydrogen (secondary N) is 1. The predicted octanol–water partition coefficient (Wildman–Crippen LogP) is 4.18. The van der Waals surface area contributed by atoms with Gasteiger partial charge in [0, 0.05) is 24.3 Å². The molecule has 1 aliphatic rings. The normalized spacial score (nSPS) is 15.8. The van der Waals surface area contributed by atoms with Crippen LogP contribution in [0.25, 0.3) is 0 Å². The molecule has 1 atom stereocenters. The van der Waals surface area contributed by atoms with Crippen LogP contribution in [0.15, 0.2) is 42.5 Å². The Bertz CT molecular complexity index is 952. The van der Waals surface area contributed by atoms with Crippen molar-refractivity contribution in [2.45, 2.75) is 46.5 Å². The largest absolute Gasteiger partial charge is 0.455 e. The van der Waals surface area contributed by atoms with E-state index < -0.39 is 17.8 Å². The van der Waals surface area contributed by atoms with Crippen molar-refractivity contribution in [2.24, 2.45) is 5.92 Å². The second kappa shape index (κ2) is 10.2. The molecule has 2 aromatic carbocycles. The van der Waals surface area contributed by atoms with Gasteiger partial charge in [-0.2, -0.15) is 0 Å². The van der Waals surface area contributed by atoms with E-state index in [1.54, 1.807) is 4.90 Å². The number of carbonyl (C=O) groups excluding carboxylic acids is 3. The first-order valence-electron chi connectivity index (χ1n) is 10.8. The van der Waals surface area contributed by atoms with Crippen molar-refractivity contribution in [1.29, 1.82) is 0 Å². The van der Waals surface area contributed by atoms with Crippen LogP contribution in [0.5, 0.6) is 0 Å². The Morgan fingerprint density at radius 1 is 1.10 bits per heavy atom. The summed E-state index contributed by atoms with van der Waals surface area (Å²) >= 11 is 0. The van der Waals surface area contributed by atoms with Gasteiger partial charge in [0.05, 0.1) is 5.92 Å². The number of hydrogen-bond acceptors (Lipinski definition) is 4. The lowest BCUT2D eigenvalue weighted by atomic mass is 10.1. The molecule has 0 saturated carbocycles. The van der Waals surface area contributed by atoms with Crippen LogP contribution < -0.4 is 10.2 Å². The van der Waals surface area contributed by atoms with Crippen LogP contribution in [0, 0.1) is 19.8 Å². The molecular weight excluding hydrogens is 392 g/mol. The molecule has 1 heterocycles. The standard InChI is InChI=1S/C25H30N2O4/c1-4-5-6-19-8-11-22(12-9-19)27-15-20(14-24(27)29)25(30)31-16-23(28)26-21-10-7-17(2)18(3)13-21/h7-13,20H,4-6,14-16H2,1-3H3,(H,26,28)/t20-/m1/s1. The molecule has 2 aromatic rings. The van der Waals surface area contributed by atoms with Crippen LogP contribution in [0.1, 0.15) is 42.9 Å². The monoisotopic (exact) mass is 422 g/mol. The van der Waals surface area contributed by atoms with Gasteiger partial charge in [-0.15, -0.1) is 0 Å². The fourth-order valence-corrected chi connectivity index (χ4v) is 3.61. The molecule has 164 valence electrons. The van der Waals surface area contributed by atoms with Gasteiger partial charge < -0.3 is 15.0 Å². The lowest BCUT2D eigenvalue weighted by Crippen LogP contribution is -2.28. The van der Waals surface area contributed by atoms with Crippen LogP contribution in [0.3, 0.4) is 0 Å². The van der Waals surface area contributed by atoms with Crippen LogP contribution in [-0.4, -0.2) is 30.9 Å². The van der Waals surface area contributed by atoms with E-state index in [9.17, 15) is 14.4 Å². The maximum Gasteiger partial charge on any atom is 0.311 e. The highest BCUT2D eigenvalue weighted by atomic mass is 16.5. The summed E-state index contributed by atoms with van der Waals surface area (Å²) < 4.78 is 5.18. The molecule has 0 aliphatic carbocycles. The summed E-state index contributed by atoms with van der Waals surface area (Å²) in [7, 11) is 0. The number of aryl methyl sites for hydroxylation is 3. The molecule has 1 saturated heterocycles. The Hall–Kier alpha value is -3.15. The summed E-state index contributed by atoms with van der Waals surface area (Å²) in [6, 6.07) is 13.5. The van der Waals surface area contributed by atoms with Gasteiger partial charge in [-0.05, 0) is 67.6 Å². The molecule has 3 rings (SSSR count). The van der Waals surface area contributed by atoms with Crippen molar-refractivity contribution >= 4 is 29.2 Å². The zero-order valence-electron chi connectivity index (χ0n) is 18.4. The quantitative estimate of drug-likeness (QED) is 0.648. The molecule has 0 spiro atoms. The average Bonchev–Trinajstić information content (AvgIpc) is 3.15. The van der Waals surface area contributed by atoms with E-state index in [2.05, 4.69) is 12.2 Å².